The van der Waals surface area contributed by atoms with Gasteiger partial charge in [0.1, 0.15) is 5.75 Å². The number of aryl methyl sites for hydroxylation is 2. The Bertz CT molecular complexity index is 572. The maximum atomic E-state index is 5.94. The van der Waals surface area contributed by atoms with E-state index in [9.17, 15) is 0 Å². The first-order chi connectivity index (χ1) is 10.7. The fraction of sp³-hybridized carbons (Fsp3) is 0.400. The van der Waals surface area contributed by atoms with Crippen LogP contribution in [0.15, 0.2) is 42.5 Å². The molecule has 0 amide bonds. The monoisotopic (exact) mass is 297 g/mol. The smallest absolute Gasteiger partial charge is 0.124 e. The van der Waals surface area contributed by atoms with Crippen LogP contribution in [0.5, 0.6) is 5.75 Å². The first-order valence-electron chi connectivity index (χ1n) is 8.22. The fourth-order valence-corrected chi connectivity index (χ4v) is 2.60. The molecule has 0 aliphatic carbocycles. The van der Waals surface area contributed by atoms with E-state index in [1.807, 2.05) is 6.07 Å². The molecule has 1 N–H and O–H groups in total. The lowest BCUT2D eigenvalue weighted by Crippen LogP contribution is -2.04. The third-order valence-corrected chi connectivity index (χ3v) is 3.68. The van der Waals surface area contributed by atoms with Crippen LogP contribution in [0, 0.1) is 13.8 Å². The average molecular weight is 297 g/mol. The third-order valence-electron chi connectivity index (χ3n) is 3.68. The molecule has 118 valence electrons. The van der Waals surface area contributed by atoms with Gasteiger partial charge in [0.2, 0.25) is 0 Å². The molecule has 0 saturated heterocycles. The molecule has 0 saturated carbocycles. The molecule has 22 heavy (non-hydrogen) atoms. The van der Waals surface area contributed by atoms with Crippen molar-refractivity contribution >= 4 is 5.69 Å². The molecule has 0 heterocycles. The van der Waals surface area contributed by atoms with E-state index >= 15 is 0 Å². The molecular formula is C20H27NO. The zero-order valence-corrected chi connectivity index (χ0v) is 14.0. The SMILES string of the molecule is CCCCCOc1ccccc1CNc1cc(C)cc(C)c1. The van der Waals surface area contributed by atoms with E-state index in [0.29, 0.717) is 0 Å². The maximum absolute atomic E-state index is 5.94. The topological polar surface area (TPSA) is 21.3 Å². The molecule has 2 aromatic carbocycles. The second kappa shape index (κ2) is 8.47. The summed E-state index contributed by atoms with van der Waals surface area (Å²) in [5.41, 5.74) is 4.94. The predicted octanol–water partition coefficient (Wildman–Crippen LogP) is 5.48. The number of hydrogen-bond acceptors (Lipinski definition) is 2. The molecule has 0 fully saturated rings. The van der Waals surface area contributed by atoms with Crippen LogP contribution in [0.25, 0.3) is 0 Å². The molecule has 0 unspecified atom stereocenters. The molecule has 0 spiro atoms. The van der Waals surface area contributed by atoms with Crippen molar-refractivity contribution < 1.29 is 4.74 Å². The highest BCUT2D eigenvalue weighted by molar-refractivity contribution is 5.49. The van der Waals surface area contributed by atoms with Crippen LogP contribution >= 0.6 is 0 Å². The molecule has 0 aliphatic heterocycles. The van der Waals surface area contributed by atoms with Gasteiger partial charge < -0.3 is 10.1 Å². The Kier molecular flexibility index (Phi) is 6.32. The van der Waals surface area contributed by atoms with Gasteiger partial charge in [-0.1, -0.05) is 44.0 Å². The van der Waals surface area contributed by atoms with Crippen molar-refractivity contribution in [3.63, 3.8) is 0 Å². The first kappa shape index (κ1) is 16.4. The highest BCUT2D eigenvalue weighted by atomic mass is 16.5. The van der Waals surface area contributed by atoms with Crippen LogP contribution in [-0.4, -0.2) is 6.61 Å². The van der Waals surface area contributed by atoms with E-state index in [0.717, 1.165) is 25.3 Å². The second-order valence-corrected chi connectivity index (χ2v) is 5.89. The predicted molar refractivity (Wildman–Crippen MR) is 94.7 cm³/mol. The highest BCUT2D eigenvalue weighted by Crippen LogP contribution is 2.21. The van der Waals surface area contributed by atoms with Crippen molar-refractivity contribution in [3.05, 3.63) is 59.2 Å². The Morgan fingerprint density at radius 1 is 0.955 bits per heavy atom. The number of benzene rings is 2. The van der Waals surface area contributed by atoms with Crippen LogP contribution in [0.3, 0.4) is 0 Å². The maximum Gasteiger partial charge on any atom is 0.124 e. The van der Waals surface area contributed by atoms with Gasteiger partial charge in [-0.2, -0.15) is 0 Å². The van der Waals surface area contributed by atoms with Crippen molar-refractivity contribution in [2.24, 2.45) is 0 Å². The summed E-state index contributed by atoms with van der Waals surface area (Å²) in [7, 11) is 0. The van der Waals surface area contributed by atoms with E-state index < -0.39 is 0 Å². The van der Waals surface area contributed by atoms with Crippen LogP contribution in [0.4, 0.5) is 5.69 Å². The minimum absolute atomic E-state index is 0.785. The molecule has 0 radical (unpaired) electrons. The van der Waals surface area contributed by atoms with E-state index in [1.54, 1.807) is 0 Å². The van der Waals surface area contributed by atoms with Gasteiger partial charge in [-0.15, -0.1) is 0 Å². The molecular weight excluding hydrogens is 270 g/mol. The van der Waals surface area contributed by atoms with Gasteiger partial charge in [0.25, 0.3) is 0 Å². The molecule has 2 nitrogen and oxygen atoms in total. The quantitative estimate of drug-likeness (QED) is 0.651. The summed E-state index contributed by atoms with van der Waals surface area (Å²) in [6.07, 6.45) is 3.57. The summed E-state index contributed by atoms with van der Waals surface area (Å²) in [4.78, 5) is 0. The molecule has 2 rings (SSSR count). The molecule has 0 aliphatic rings. The van der Waals surface area contributed by atoms with Crippen LogP contribution < -0.4 is 10.1 Å². The second-order valence-electron chi connectivity index (χ2n) is 5.89. The normalized spacial score (nSPS) is 10.5. The molecule has 0 atom stereocenters. The van der Waals surface area contributed by atoms with Crippen molar-refractivity contribution in [1.82, 2.24) is 0 Å². The van der Waals surface area contributed by atoms with Gasteiger partial charge in [-0.05, 0) is 49.6 Å². The number of unbranched alkanes of at least 4 members (excludes halogenated alkanes) is 2. The van der Waals surface area contributed by atoms with Crippen molar-refractivity contribution in [1.29, 1.82) is 0 Å². The van der Waals surface area contributed by atoms with Crippen LogP contribution in [-0.2, 0) is 6.54 Å². The number of nitrogens with one attached hydrogen (secondary N) is 1. The van der Waals surface area contributed by atoms with Crippen molar-refractivity contribution in [2.75, 3.05) is 11.9 Å². The first-order valence-corrected chi connectivity index (χ1v) is 8.22. The van der Waals surface area contributed by atoms with Gasteiger partial charge in [-0.25, -0.2) is 0 Å². The summed E-state index contributed by atoms with van der Waals surface area (Å²) < 4.78 is 5.94. The number of hydrogen-bond donors (Lipinski definition) is 1. The number of para-hydroxylation sites is 1. The Morgan fingerprint density at radius 3 is 2.41 bits per heavy atom. The Morgan fingerprint density at radius 2 is 1.68 bits per heavy atom. The van der Waals surface area contributed by atoms with Gasteiger partial charge in [0.05, 0.1) is 6.61 Å². The lowest BCUT2D eigenvalue weighted by Gasteiger charge is -2.13. The minimum atomic E-state index is 0.785. The zero-order valence-electron chi connectivity index (χ0n) is 14.0. The summed E-state index contributed by atoms with van der Waals surface area (Å²) in [5, 5.41) is 3.50. The summed E-state index contributed by atoms with van der Waals surface area (Å²) >= 11 is 0. The summed E-state index contributed by atoms with van der Waals surface area (Å²) in [6, 6.07) is 14.8. The zero-order chi connectivity index (χ0) is 15.8. The Hall–Kier alpha value is -1.96. The van der Waals surface area contributed by atoms with Crippen LogP contribution in [0.2, 0.25) is 0 Å². The van der Waals surface area contributed by atoms with E-state index in [1.165, 1.54) is 35.2 Å². The van der Waals surface area contributed by atoms with Crippen molar-refractivity contribution in [2.45, 2.75) is 46.6 Å². The fourth-order valence-electron chi connectivity index (χ4n) is 2.60. The largest absolute Gasteiger partial charge is 0.493 e. The highest BCUT2D eigenvalue weighted by Gasteiger charge is 2.03. The van der Waals surface area contributed by atoms with Gasteiger partial charge in [0, 0.05) is 17.8 Å². The molecule has 2 aromatic rings. The third kappa shape index (κ3) is 5.10. The molecule has 2 heteroatoms. The lowest BCUT2D eigenvalue weighted by atomic mass is 10.1. The van der Waals surface area contributed by atoms with Gasteiger partial charge in [0.15, 0.2) is 0 Å². The average Bonchev–Trinajstić information content (AvgIpc) is 2.49. The lowest BCUT2D eigenvalue weighted by molar-refractivity contribution is 0.303. The minimum Gasteiger partial charge on any atom is -0.493 e. The van der Waals surface area contributed by atoms with Crippen LogP contribution in [0.1, 0.15) is 42.9 Å². The van der Waals surface area contributed by atoms with E-state index in [2.05, 4.69) is 62.5 Å². The van der Waals surface area contributed by atoms with Crippen molar-refractivity contribution in [3.8, 4) is 5.75 Å². The van der Waals surface area contributed by atoms with Gasteiger partial charge in [-0.3, -0.25) is 0 Å². The number of anilines is 1. The number of ether oxygens (including phenoxy) is 1. The summed E-state index contributed by atoms with van der Waals surface area (Å²) in [6.45, 7) is 8.05. The number of rotatable bonds is 8. The summed E-state index contributed by atoms with van der Waals surface area (Å²) in [5.74, 6) is 0.996. The van der Waals surface area contributed by atoms with E-state index in [4.69, 9.17) is 4.74 Å². The van der Waals surface area contributed by atoms with E-state index in [-0.39, 0.29) is 0 Å². The Balaban J connectivity index is 1.97. The standard InChI is InChI=1S/C20H27NO/c1-4-5-8-11-22-20-10-7-6-9-18(20)15-21-19-13-16(2)12-17(3)14-19/h6-7,9-10,12-14,21H,4-5,8,11,15H2,1-3H3. The van der Waals surface area contributed by atoms with Gasteiger partial charge >= 0.3 is 0 Å². The Labute approximate surface area is 134 Å². The molecule has 0 bridgehead atoms. The molecule has 0 aromatic heterocycles.